The van der Waals surface area contributed by atoms with E-state index in [2.05, 4.69) is 0 Å². The molecule has 0 bridgehead atoms. The molecule has 0 saturated carbocycles. The molecular formula is C11H19N3O4. The van der Waals surface area contributed by atoms with Crippen LogP contribution in [0, 0.1) is 5.92 Å². The topological polar surface area (TPSA) is 127 Å². The van der Waals surface area contributed by atoms with Crippen molar-refractivity contribution in [2.45, 2.75) is 38.3 Å². The summed E-state index contributed by atoms with van der Waals surface area (Å²) in [5.41, 5.74) is 10.6. The zero-order valence-electron chi connectivity index (χ0n) is 10.3. The number of carboxylic acid groups (broad SMARTS) is 1. The lowest BCUT2D eigenvalue weighted by Gasteiger charge is -2.37. The van der Waals surface area contributed by atoms with E-state index in [1.807, 2.05) is 0 Å². The molecule has 0 aromatic carbocycles. The molecule has 3 unspecified atom stereocenters. The molecule has 3 atom stereocenters. The number of carbonyl (C=O) groups excluding carboxylic acids is 2. The SMILES string of the molecule is CC1CC(C(=O)O)CCN1C(=O)C(N)CC(N)=O. The van der Waals surface area contributed by atoms with Crippen LogP contribution in [0.3, 0.4) is 0 Å². The lowest BCUT2D eigenvalue weighted by atomic mass is 9.91. The summed E-state index contributed by atoms with van der Waals surface area (Å²) in [7, 11) is 0. The lowest BCUT2D eigenvalue weighted by Crippen LogP contribution is -2.52. The highest BCUT2D eigenvalue weighted by Crippen LogP contribution is 2.23. The summed E-state index contributed by atoms with van der Waals surface area (Å²) in [6.45, 7) is 2.13. The van der Waals surface area contributed by atoms with Gasteiger partial charge in [0.1, 0.15) is 0 Å². The van der Waals surface area contributed by atoms with Crippen LogP contribution < -0.4 is 11.5 Å². The van der Waals surface area contributed by atoms with Gasteiger partial charge in [0.15, 0.2) is 0 Å². The molecule has 0 aromatic rings. The van der Waals surface area contributed by atoms with Gasteiger partial charge in [-0.2, -0.15) is 0 Å². The van der Waals surface area contributed by atoms with E-state index in [0.29, 0.717) is 19.4 Å². The van der Waals surface area contributed by atoms with E-state index in [9.17, 15) is 14.4 Å². The third-order valence-electron chi connectivity index (χ3n) is 3.25. The van der Waals surface area contributed by atoms with Gasteiger partial charge in [0, 0.05) is 12.6 Å². The Labute approximate surface area is 105 Å². The van der Waals surface area contributed by atoms with Crippen molar-refractivity contribution < 1.29 is 19.5 Å². The monoisotopic (exact) mass is 257 g/mol. The molecule has 0 radical (unpaired) electrons. The van der Waals surface area contributed by atoms with E-state index < -0.39 is 23.8 Å². The number of carbonyl (C=O) groups is 3. The number of hydrogen-bond donors (Lipinski definition) is 3. The minimum Gasteiger partial charge on any atom is -0.481 e. The van der Waals surface area contributed by atoms with Gasteiger partial charge in [0.2, 0.25) is 11.8 Å². The van der Waals surface area contributed by atoms with Crippen molar-refractivity contribution in [3.8, 4) is 0 Å². The minimum atomic E-state index is -0.939. The Bertz CT molecular complexity index is 358. The second kappa shape index (κ2) is 5.81. The van der Waals surface area contributed by atoms with Crippen LogP contribution in [-0.2, 0) is 14.4 Å². The molecule has 0 spiro atoms. The first-order valence-electron chi connectivity index (χ1n) is 5.90. The van der Waals surface area contributed by atoms with Crippen LogP contribution in [0.2, 0.25) is 0 Å². The minimum absolute atomic E-state index is 0.189. The van der Waals surface area contributed by atoms with Crippen molar-refractivity contribution in [1.29, 1.82) is 0 Å². The summed E-state index contributed by atoms with van der Waals surface area (Å²) >= 11 is 0. The van der Waals surface area contributed by atoms with E-state index in [-0.39, 0.29) is 18.4 Å². The average molecular weight is 257 g/mol. The van der Waals surface area contributed by atoms with Crippen LogP contribution in [0.1, 0.15) is 26.2 Å². The van der Waals surface area contributed by atoms with Crippen molar-refractivity contribution in [1.82, 2.24) is 4.90 Å². The molecule has 7 heteroatoms. The third-order valence-corrected chi connectivity index (χ3v) is 3.25. The van der Waals surface area contributed by atoms with Crippen LogP contribution in [-0.4, -0.2) is 46.4 Å². The van der Waals surface area contributed by atoms with E-state index in [0.717, 1.165) is 0 Å². The van der Waals surface area contributed by atoms with E-state index >= 15 is 0 Å². The molecule has 1 fully saturated rings. The van der Waals surface area contributed by atoms with Crippen LogP contribution in [0.4, 0.5) is 0 Å². The Morgan fingerprint density at radius 1 is 1.44 bits per heavy atom. The van der Waals surface area contributed by atoms with E-state index in [1.54, 1.807) is 6.92 Å². The predicted molar refractivity (Wildman–Crippen MR) is 63.3 cm³/mol. The maximum absolute atomic E-state index is 12.0. The van der Waals surface area contributed by atoms with E-state index in [1.165, 1.54) is 4.90 Å². The number of nitrogens with two attached hydrogens (primary N) is 2. The van der Waals surface area contributed by atoms with Gasteiger partial charge in [-0.3, -0.25) is 14.4 Å². The second-order valence-electron chi connectivity index (χ2n) is 4.72. The number of primary amides is 1. The number of aliphatic carboxylic acids is 1. The summed E-state index contributed by atoms with van der Waals surface area (Å²) < 4.78 is 0. The first-order valence-corrected chi connectivity index (χ1v) is 5.90. The fraction of sp³-hybridized carbons (Fsp3) is 0.727. The van der Waals surface area contributed by atoms with Gasteiger partial charge in [0.25, 0.3) is 0 Å². The molecular weight excluding hydrogens is 238 g/mol. The van der Waals surface area contributed by atoms with Gasteiger partial charge in [-0.15, -0.1) is 0 Å². The first-order chi connectivity index (χ1) is 8.32. The number of piperidine rings is 1. The van der Waals surface area contributed by atoms with Gasteiger partial charge in [-0.1, -0.05) is 0 Å². The van der Waals surface area contributed by atoms with Crippen molar-refractivity contribution >= 4 is 17.8 Å². The zero-order chi connectivity index (χ0) is 13.9. The van der Waals surface area contributed by atoms with Gasteiger partial charge in [0.05, 0.1) is 18.4 Å². The molecule has 18 heavy (non-hydrogen) atoms. The number of amides is 2. The fourth-order valence-electron chi connectivity index (χ4n) is 2.24. The summed E-state index contributed by atoms with van der Waals surface area (Å²) in [4.78, 5) is 35.1. The van der Waals surface area contributed by atoms with Gasteiger partial charge in [-0.05, 0) is 19.8 Å². The molecule has 1 aliphatic rings. The van der Waals surface area contributed by atoms with Crippen LogP contribution >= 0.6 is 0 Å². The Morgan fingerprint density at radius 2 is 2.06 bits per heavy atom. The average Bonchev–Trinajstić information content (AvgIpc) is 2.26. The summed E-state index contributed by atoms with van der Waals surface area (Å²) in [5.74, 6) is -2.22. The quantitative estimate of drug-likeness (QED) is 0.589. The molecule has 0 aromatic heterocycles. The fourth-order valence-corrected chi connectivity index (χ4v) is 2.24. The predicted octanol–water partition coefficient (Wildman–Crippen LogP) is -1.10. The van der Waals surface area contributed by atoms with E-state index in [4.69, 9.17) is 16.6 Å². The number of carboxylic acids is 1. The molecule has 7 nitrogen and oxygen atoms in total. The highest BCUT2D eigenvalue weighted by Gasteiger charge is 2.34. The van der Waals surface area contributed by atoms with Crippen molar-refractivity contribution in [2.24, 2.45) is 17.4 Å². The second-order valence-corrected chi connectivity index (χ2v) is 4.72. The smallest absolute Gasteiger partial charge is 0.306 e. The van der Waals surface area contributed by atoms with Crippen molar-refractivity contribution in [3.63, 3.8) is 0 Å². The summed E-state index contributed by atoms with van der Waals surface area (Å²) in [6, 6.07) is -1.13. The Balaban J connectivity index is 2.60. The molecule has 1 saturated heterocycles. The summed E-state index contributed by atoms with van der Waals surface area (Å²) in [6.07, 6.45) is 0.628. The number of likely N-dealkylation sites (tertiary alicyclic amines) is 1. The Morgan fingerprint density at radius 3 is 2.50 bits per heavy atom. The molecule has 2 amide bonds. The highest BCUT2D eigenvalue weighted by atomic mass is 16.4. The van der Waals surface area contributed by atoms with Crippen LogP contribution in [0.25, 0.3) is 0 Å². The largest absolute Gasteiger partial charge is 0.481 e. The Hall–Kier alpha value is -1.63. The normalized spacial score (nSPS) is 25.6. The number of nitrogens with zero attached hydrogens (tertiary/aromatic N) is 1. The van der Waals surface area contributed by atoms with Gasteiger partial charge in [-0.25, -0.2) is 0 Å². The van der Waals surface area contributed by atoms with Crippen molar-refractivity contribution in [2.75, 3.05) is 6.54 Å². The molecule has 0 aliphatic carbocycles. The first kappa shape index (κ1) is 14.4. The maximum atomic E-state index is 12.0. The maximum Gasteiger partial charge on any atom is 0.306 e. The molecule has 102 valence electrons. The molecule has 1 heterocycles. The number of rotatable bonds is 4. The standard InChI is InChI=1S/C11H19N3O4/c1-6-4-7(11(17)18)2-3-14(6)10(16)8(12)5-9(13)15/h6-8H,2-5,12H2,1H3,(H2,13,15)(H,17,18). The lowest BCUT2D eigenvalue weighted by molar-refractivity contribution is -0.148. The Kier molecular flexibility index (Phi) is 4.66. The highest BCUT2D eigenvalue weighted by molar-refractivity contribution is 5.88. The van der Waals surface area contributed by atoms with Gasteiger partial charge >= 0.3 is 5.97 Å². The summed E-state index contributed by atoms with van der Waals surface area (Å²) in [5, 5.41) is 8.92. The molecule has 1 aliphatic heterocycles. The van der Waals surface area contributed by atoms with Crippen molar-refractivity contribution in [3.05, 3.63) is 0 Å². The molecule has 1 rings (SSSR count). The number of hydrogen-bond acceptors (Lipinski definition) is 4. The third kappa shape index (κ3) is 3.43. The van der Waals surface area contributed by atoms with Crippen LogP contribution in [0.5, 0.6) is 0 Å². The van der Waals surface area contributed by atoms with Crippen LogP contribution in [0.15, 0.2) is 0 Å². The zero-order valence-corrected chi connectivity index (χ0v) is 10.3. The molecule has 5 N–H and O–H groups in total. The van der Waals surface area contributed by atoms with Gasteiger partial charge < -0.3 is 21.5 Å².